The van der Waals surface area contributed by atoms with Crippen LogP contribution in [0.2, 0.25) is 0 Å². The van der Waals surface area contributed by atoms with Crippen molar-refractivity contribution in [1.82, 2.24) is 10.1 Å². The van der Waals surface area contributed by atoms with Gasteiger partial charge < -0.3 is 14.0 Å². The van der Waals surface area contributed by atoms with Gasteiger partial charge in [-0.05, 0) is 17.7 Å². The first-order valence-electron chi connectivity index (χ1n) is 7.46. The van der Waals surface area contributed by atoms with E-state index in [1.807, 2.05) is 30.3 Å². The Labute approximate surface area is 143 Å². The molecule has 8 nitrogen and oxygen atoms in total. The molecule has 0 spiro atoms. The van der Waals surface area contributed by atoms with Crippen LogP contribution in [0.4, 0.5) is 5.69 Å². The van der Waals surface area contributed by atoms with Crippen LogP contribution in [0.5, 0.6) is 11.5 Å². The summed E-state index contributed by atoms with van der Waals surface area (Å²) < 4.78 is 15.6. The van der Waals surface area contributed by atoms with Crippen molar-refractivity contribution in [2.24, 2.45) is 0 Å². The summed E-state index contributed by atoms with van der Waals surface area (Å²) in [6, 6.07) is 14.1. The highest BCUT2D eigenvalue weighted by Gasteiger charge is 2.18. The Morgan fingerprint density at radius 3 is 2.72 bits per heavy atom. The molecule has 0 amide bonds. The zero-order valence-electron chi connectivity index (χ0n) is 13.4. The van der Waals surface area contributed by atoms with Crippen LogP contribution in [-0.2, 0) is 13.0 Å². The summed E-state index contributed by atoms with van der Waals surface area (Å²) in [7, 11) is 1.44. The van der Waals surface area contributed by atoms with Crippen LogP contribution in [0.3, 0.4) is 0 Å². The van der Waals surface area contributed by atoms with Gasteiger partial charge in [-0.3, -0.25) is 10.1 Å². The van der Waals surface area contributed by atoms with Crippen molar-refractivity contribution in [2.45, 2.75) is 13.0 Å². The van der Waals surface area contributed by atoms with Gasteiger partial charge >= 0.3 is 5.69 Å². The monoisotopic (exact) mass is 341 g/mol. The Morgan fingerprint density at radius 2 is 2.00 bits per heavy atom. The Morgan fingerprint density at radius 1 is 1.20 bits per heavy atom. The van der Waals surface area contributed by atoms with Crippen LogP contribution in [0.25, 0.3) is 0 Å². The number of rotatable bonds is 7. The standard InChI is InChI=1S/C17H15N3O5/c1-23-13-7-8-15(14(10-13)20(21)22)24-11-17-18-16(19-25-17)9-12-5-3-2-4-6-12/h2-8,10H,9,11H2,1H3. The summed E-state index contributed by atoms with van der Waals surface area (Å²) in [5.74, 6) is 1.25. The van der Waals surface area contributed by atoms with Crippen molar-refractivity contribution in [1.29, 1.82) is 0 Å². The molecule has 3 rings (SSSR count). The molecule has 0 saturated heterocycles. The predicted octanol–water partition coefficient (Wildman–Crippen LogP) is 3.16. The average Bonchev–Trinajstić information content (AvgIpc) is 3.08. The lowest BCUT2D eigenvalue weighted by Gasteiger charge is -2.05. The van der Waals surface area contributed by atoms with E-state index in [9.17, 15) is 10.1 Å². The van der Waals surface area contributed by atoms with Crippen LogP contribution >= 0.6 is 0 Å². The normalized spacial score (nSPS) is 10.4. The molecule has 3 aromatic rings. The number of methoxy groups -OCH3 is 1. The SMILES string of the molecule is COc1ccc(OCc2nc(Cc3ccccc3)no2)c([N+](=O)[O-])c1. The van der Waals surface area contributed by atoms with E-state index in [1.165, 1.54) is 19.2 Å². The third-order valence-corrected chi connectivity index (χ3v) is 3.43. The first-order valence-corrected chi connectivity index (χ1v) is 7.46. The van der Waals surface area contributed by atoms with Gasteiger partial charge in [0, 0.05) is 6.42 Å². The van der Waals surface area contributed by atoms with E-state index in [0.29, 0.717) is 18.0 Å². The zero-order valence-corrected chi connectivity index (χ0v) is 13.4. The van der Waals surface area contributed by atoms with Gasteiger partial charge in [-0.1, -0.05) is 35.5 Å². The fourth-order valence-electron chi connectivity index (χ4n) is 2.23. The van der Waals surface area contributed by atoms with Crippen molar-refractivity contribution in [3.63, 3.8) is 0 Å². The maximum absolute atomic E-state index is 11.1. The van der Waals surface area contributed by atoms with Gasteiger partial charge in [0.05, 0.1) is 18.1 Å². The minimum absolute atomic E-state index is 0.0606. The van der Waals surface area contributed by atoms with Crippen molar-refractivity contribution < 1.29 is 18.9 Å². The Kier molecular flexibility index (Phi) is 4.89. The molecule has 0 unspecified atom stereocenters. The van der Waals surface area contributed by atoms with Gasteiger partial charge in [0.2, 0.25) is 0 Å². The van der Waals surface area contributed by atoms with Crippen molar-refractivity contribution >= 4 is 5.69 Å². The highest BCUT2D eigenvalue weighted by atomic mass is 16.6. The molecule has 0 atom stereocenters. The molecule has 8 heteroatoms. The topological polar surface area (TPSA) is 101 Å². The lowest BCUT2D eigenvalue weighted by Crippen LogP contribution is -2.00. The summed E-state index contributed by atoms with van der Waals surface area (Å²) in [5.41, 5.74) is 0.866. The molecule has 0 fully saturated rings. The third kappa shape index (κ3) is 4.11. The molecule has 2 aromatic carbocycles. The second-order valence-electron chi connectivity index (χ2n) is 5.15. The van der Waals surface area contributed by atoms with Crippen LogP contribution in [0.1, 0.15) is 17.3 Å². The third-order valence-electron chi connectivity index (χ3n) is 3.43. The summed E-state index contributed by atoms with van der Waals surface area (Å²) in [4.78, 5) is 14.8. The first kappa shape index (κ1) is 16.4. The maximum Gasteiger partial charge on any atom is 0.314 e. The molecule has 0 aliphatic carbocycles. The lowest BCUT2D eigenvalue weighted by molar-refractivity contribution is -0.386. The summed E-state index contributed by atoms with van der Waals surface area (Å²) >= 11 is 0. The van der Waals surface area contributed by atoms with Crippen molar-refractivity contribution in [2.75, 3.05) is 7.11 Å². The molecule has 0 bridgehead atoms. The van der Waals surface area contributed by atoms with E-state index in [1.54, 1.807) is 6.07 Å². The molecule has 0 N–H and O–H groups in total. The van der Waals surface area contributed by atoms with Crippen LogP contribution < -0.4 is 9.47 Å². The summed E-state index contributed by atoms with van der Waals surface area (Å²) in [6.07, 6.45) is 0.535. The molecular formula is C17H15N3O5. The molecule has 0 aliphatic heterocycles. The van der Waals surface area contributed by atoms with E-state index in [2.05, 4.69) is 10.1 Å². The van der Waals surface area contributed by atoms with Crippen LogP contribution in [0.15, 0.2) is 53.1 Å². The summed E-state index contributed by atoms with van der Waals surface area (Å²) in [5, 5.41) is 15.0. The van der Waals surface area contributed by atoms with Gasteiger partial charge in [0.15, 0.2) is 18.2 Å². The molecule has 0 aliphatic rings. The first-order chi connectivity index (χ1) is 12.2. The van der Waals surface area contributed by atoms with E-state index in [4.69, 9.17) is 14.0 Å². The predicted molar refractivity (Wildman–Crippen MR) is 87.5 cm³/mol. The van der Waals surface area contributed by atoms with E-state index >= 15 is 0 Å². The number of nitro benzene ring substituents is 1. The van der Waals surface area contributed by atoms with Crippen molar-refractivity contribution in [3.05, 3.63) is 75.9 Å². The molecule has 1 aromatic heterocycles. The smallest absolute Gasteiger partial charge is 0.314 e. The number of hydrogen-bond donors (Lipinski definition) is 0. The minimum Gasteiger partial charge on any atom is -0.496 e. The van der Waals surface area contributed by atoms with E-state index < -0.39 is 4.92 Å². The maximum atomic E-state index is 11.1. The lowest BCUT2D eigenvalue weighted by atomic mass is 10.1. The number of benzene rings is 2. The van der Waals surface area contributed by atoms with Gasteiger partial charge in [0.1, 0.15) is 5.75 Å². The molecule has 1 heterocycles. The molecular weight excluding hydrogens is 326 g/mol. The van der Waals surface area contributed by atoms with Crippen LogP contribution in [0, 0.1) is 10.1 Å². The van der Waals surface area contributed by atoms with Gasteiger partial charge in [-0.2, -0.15) is 4.98 Å². The van der Waals surface area contributed by atoms with Gasteiger partial charge in [0.25, 0.3) is 5.89 Å². The fourth-order valence-corrected chi connectivity index (χ4v) is 2.23. The summed E-state index contributed by atoms with van der Waals surface area (Å²) in [6.45, 7) is -0.0606. The number of ether oxygens (including phenoxy) is 2. The zero-order chi connectivity index (χ0) is 17.6. The van der Waals surface area contributed by atoms with E-state index in [0.717, 1.165) is 5.56 Å². The molecule has 0 saturated carbocycles. The minimum atomic E-state index is -0.535. The van der Waals surface area contributed by atoms with E-state index in [-0.39, 0.29) is 23.9 Å². The highest BCUT2D eigenvalue weighted by molar-refractivity contribution is 5.50. The Balaban J connectivity index is 1.67. The fraction of sp³-hybridized carbons (Fsp3) is 0.176. The van der Waals surface area contributed by atoms with Crippen LogP contribution in [-0.4, -0.2) is 22.2 Å². The second-order valence-corrected chi connectivity index (χ2v) is 5.15. The number of nitro groups is 1. The highest BCUT2D eigenvalue weighted by Crippen LogP contribution is 2.31. The molecule has 128 valence electrons. The Bertz CT molecular complexity index is 864. The van der Waals surface area contributed by atoms with Crippen molar-refractivity contribution in [3.8, 4) is 11.5 Å². The molecule has 0 radical (unpaired) electrons. The number of hydrogen-bond acceptors (Lipinski definition) is 7. The second kappa shape index (κ2) is 7.43. The average molecular weight is 341 g/mol. The molecule has 25 heavy (non-hydrogen) atoms. The van der Waals surface area contributed by atoms with Gasteiger partial charge in [-0.15, -0.1) is 0 Å². The number of nitrogens with zero attached hydrogens (tertiary/aromatic N) is 3. The largest absolute Gasteiger partial charge is 0.496 e. The Hall–Kier alpha value is -3.42. The van der Waals surface area contributed by atoms with Gasteiger partial charge in [-0.25, -0.2) is 0 Å². The number of aromatic nitrogens is 2. The quantitative estimate of drug-likeness (QED) is 0.480.